The van der Waals surface area contributed by atoms with E-state index in [2.05, 4.69) is 11.6 Å². The van der Waals surface area contributed by atoms with E-state index in [0.717, 1.165) is 18.5 Å². The van der Waals surface area contributed by atoms with Crippen LogP contribution in [0.3, 0.4) is 0 Å². The number of aromatic hydroxyl groups is 1. The van der Waals surface area contributed by atoms with Crippen molar-refractivity contribution in [1.82, 2.24) is 5.32 Å². The molecule has 1 aromatic carbocycles. The van der Waals surface area contributed by atoms with Crippen molar-refractivity contribution in [3.05, 3.63) is 22.7 Å². The summed E-state index contributed by atoms with van der Waals surface area (Å²) in [5.74, 6) is 1.78. The number of hydrogen-bond acceptors (Lipinski definition) is 4. The summed E-state index contributed by atoms with van der Waals surface area (Å²) < 4.78 is 5.06. The van der Waals surface area contributed by atoms with Gasteiger partial charge in [0.25, 0.3) is 0 Å². The first-order chi connectivity index (χ1) is 8.69. The third-order valence-corrected chi connectivity index (χ3v) is 3.52. The van der Waals surface area contributed by atoms with Crippen molar-refractivity contribution in [2.45, 2.75) is 19.4 Å². The van der Waals surface area contributed by atoms with Crippen LogP contribution in [-0.4, -0.2) is 30.8 Å². The average molecular weight is 290 g/mol. The van der Waals surface area contributed by atoms with E-state index < -0.39 is 0 Å². The Balaban J connectivity index is 2.44. The van der Waals surface area contributed by atoms with E-state index in [0.29, 0.717) is 17.3 Å². The Labute approximate surface area is 118 Å². The first-order valence-electron chi connectivity index (χ1n) is 5.94. The van der Waals surface area contributed by atoms with Crippen molar-refractivity contribution in [2.24, 2.45) is 0 Å². The fraction of sp³-hybridized carbons (Fsp3) is 0.538. The Kier molecular flexibility index (Phi) is 7.32. The SMILES string of the molecule is COc1cc(Cl)cc(CNCCCCSC)c1O. The van der Waals surface area contributed by atoms with Gasteiger partial charge in [-0.1, -0.05) is 11.6 Å². The van der Waals surface area contributed by atoms with Crippen molar-refractivity contribution >= 4 is 23.4 Å². The Hall–Kier alpha value is -0.580. The predicted octanol–water partition coefficient (Wildman–Crippen LogP) is 3.29. The molecule has 0 aliphatic rings. The van der Waals surface area contributed by atoms with Gasteiger partial charge in [-0.3, -0.25) is 0 Å². The lowest BCUT2D eigenvalue weighted by atomic mass is 10.2. The molecule has 18 heavy (non-hydrogen) atoms. The highest BCUT2D eigenvalue weighted by atomic mass is 35.5. The molecule has 0 aliphatic carbocycles. The molecule has 0 saturated heterocycles. The number of phenolic OH excluding ortho intramolecular Hbond substituents is 1. The molecule has 0 spiro atoms. The first-order valence-corrected chi connectivity index (χ1v) is 7.71. The van der Waals surface area contributed by atoms with Crippen molar-refractivity contribution in [3.8, 4) is 11.5 Å². The van der Waals surface area contributed by atoms with Crippen LogP contribution in [0.15, 0.2) is 12.1 Å². The van der Waals surface area contributed by atoms with Gasteiger partial charge >= 0.3 is 0 Å². The van der Waals surface area contributed by atoms with Gasteiger partial charge in [-0.15, -0.1) is 0 Å². The highest BCUT2D eigenvalue weighted by molar-refractivity contribution is 7.98. The van der Waals surface area contributed by atoms with Crippen LogP contribution in [0, 0.1) is 0 Å². The van der Waals surface area contributed by atoms with Crippen LogP contribution in [0.1, 0.15) is 18.4 Å². The van der Waals surface area contributed by atoms with Crippen LogP contribution in [0.5, 0.6) is 11.5 Å². The van der Waals surface area contributed by atoms with Gasteiger partial charge in [-0.05, 0) is 37.5 Å². The number of benzene rings is 1. The number of nitrogens with one attached hydrogen (secondary N) is 1. The normalized spacial score (nSPS) is 10.6. The fourth-order valence-corrected chi connectivity index (χ4v) is 2.36. The first kappa shape index (κ1) is 15.5. The van der Waals surface area contributed by atoms with Gasteiger partial charge in [0.15, 0.2) is 11.5 Å². The molecule has 2 N–H and O–H groups in total. The molecule has 0 bridgehead atoms. The van der Waals surface area contributed by atoms with E-state index in [1.807, 2.05) is 11.8 Å². The Bertz CT molecular complexity index is 374. The van der Waals surface area contributed by atoms with Crippen molar-refractivity contribution in [2.75, 3.05) is 25.7 Å². The number of phenols is 1. The number of halogens is 1. The summed E-state index contributed by atoms with van der Waals surface area (Å²) in [5.41, 5.74) is 0.768. The standard InChI is InChI=1S/C13H20ClNO2S/c1-17-12-8-11(14)7-10(13(12)16)9-15-5-3-4-6-18-2/h7-8,15-16H,3-6,9H2,1-2H3. The molecule has 0 radical (unpaired) electrons. The minimum absolute atomic E-state index is 0.165. The molecule has 3 nitrogen and oxygen atoms in total. The predicted molar refractivity (Wildman–Crippen MR) is 79.0 cm³/mol. The van der Waals surface area contributed by atoms with Gasteiger partial charge < -0.3 is 15.2 Å². The zero-order chi connectivity index (χ0) is 13.4. The maximum absolute atomic E-state index is 9.93. The Morgan fingerprint density at radius 3 is 2.83 bits per heavy atom. The van der Waals surface area contributed by atoms with E-state index >= 15 is 0 Å². The third-order valence-electron chi connectivity index (χ3n) is 2.61. The number of thioether (sulfide) groups is 1. The molecule has 0 fully saturated rings. The molecule has 0 saturated carbocycles. The van der Waals surface area contributed by atoms with Gasteiger partial charge in [0.05, 0.1) is 7.11 Å². The van der Waals surface area contributed by atoms with Crippen LogP contribution in [0.25, 0.3) is 0 Å². The van der Waals surface area contributed by atoms with Crippen LogP contribution < -0.4 is 10.1 Å². The molecule has 0 unspecified atom stereocenters. The topological polar surface area (TPSA) is 41.5 Å². The number of ether oxygens (including phenoxy) is 1. The third kappa shape index (κ3) is 4.96. The number of methoxy groups -OCH3 is 1. The van der Waals surface area contributed by atoms with Gasteiger partial charge in [0, 0.05) is 23.2 Å². The summed E-state index contributed by atoms with van der Waals surface area (Å²) in [5, 5.41) is 13.8. The zero-order valence-electron chi connectivity index (χ0n) is 10.8. The molecule has 0 amide bonds. The second-order valence-corrected chi connectivity index (χ2v) is 5.41. The van der Waals surface area contributed by atoms with E-state index in [-0.39, 0.29) is 5.75 Å². The van der Waals surface area contributed by atoms with E-state index in [4.69, 9.17) is 16.3 Å². The smallest absolute Gasteiger partial charge is 0.162 e. The summed E-state index contributed by atoms with van der Waals surface area (Å²) in [6.07, 6.45) is 4.46. The minimum Gasteiger partial charge on any atom is -0.504 e. The fourth-order valence-electron chi connectivity index (χ4n) is 1.64. The second kappa shape index (κ2) is 8.51. The average Bonchev–Trinajstić information content (AvgIpc) is 2.37. The van der Waals surface area contributed by atoms with Gasteiger partial charge in [0.2, 0.25) is 0 Å². The molecule has 0 atom stereocenters. The molecule has 0 aliphatic heterocycles. The van der Waals surface area contributed by atoms with Crippen molar-refractivity contribution < 1.29 is 9.84 Å². The maximum Gasteiger partial charge on any atom is 0.162 e. The van der Waals surface area contributed by atoms with Crippen molar-refractivity contribution in [3.63, 3.8) is 0 Å². The second-order valence-electron chi connectivity index (χ2n) is 3.99. The minimum atomic E-state index is 0.165. The van der Waals surface area contributed by atoms with Crippen LogP contribution in [-0.2, 0) is 6.54 Å². The molecule has 102 valence electrons. The molecule has 1 rings (SSSR count). The largest absolute Gasteiger partial charge is 0.504 e. The summed E-state index contributed by atoms with van der Waals surface area (Å²) in [4.78, 5) is 0. The van der Waals surface area contributed by atoms with Gasteiger partial charge in [-0.2, -0.15) is 11.8 Å². The van der Waals surface area contributed by atoms with Crippen LogP contribution >= 0.6 is 23.4 Å². The maximum atomic E-state index is 9.93. The zero-order valence-corrected chi connectivity index (χ0v) is 12.4. The molecular weight excluding hydrogens is 270 g/mol. The van der Waals surface area contributed by atoms with Crippen LogP contribution in [0.4, 0.5) is 0 Å². The highest BCUT2D eigenvalue weighted by Crippen LogP contribution is 2.33. The molecule has 0 aromatic heterocycles. The lowest BCUT2D eigenvalue weighted by molar-refractivity contribution is 0.369. The summed E-state index contributed by atoms with van der Waals surface area (Å²) in [6.45, 7) is 1.54. The quantitative estimate of drug-likeness (QED) is 0.721. The van der Waals surface area contributed by atoms with Crippen LogP contribution in [0.2, 0.25) is 5.02 Å². The highest BCUT2D eigenvalue weighted by Gasteiger charge is 2.09. The van der Waals surface area contributed by atoms with Crippen molar-refractivity contribution in [1.29, 1.82) is 0 Å². The molecule has 0 heterocycles. The molecular formula is C13H20ClNO2S. The lowest BCUT2D eigenvalue weighted by Gasteiger charge is -2.10. The summed E-state index contributed by atoms with van der Waals surface area (Å²) in [7, 11) is 1.52. The lowest BCUT2D eigenvalue weighted by Crippen LogP contribution is -2.15. The Morgan fingerprint density at radius 1 is 1.39 bits per heavy atom. The molecule has 1 aromatic rings. The number of unbranched alkanes of at least 4 members (excludes halogenated alkanes) is 1. The summed E-state index contributed by atoms with van der Waals surface area (Å²) in [6, 6.07) is 3.37. The number of hydrogen-bond donors (Lipinski definition) is 2. The summed E-state index contributed by atoms with van der Waals surface area (Å²) >= 11 is 7.82. The van der Waals surface area contributed by atoms with E-state index in [1.165, 1.54) is 19.3 Å². The molecule has 5 heteroatoms. The van der Waals surface area contributed by atoms with E-state index in [9.17, 15) is 5.11 Å². The Morgan fingerprint density at radius 2 is 2.17 bits per heavy atom. The number of rotatable bonds is 8. The van der Waals surface area contributed by atoms with E-state index in [1.54, 1.807) is 12.1 Å². The monoisotopic (exact) mass is 289 g/mol. The van der Waals surface area contributed by atoms with Gasteiger partial charge in [0.1, 0.15) is 0 Å². The van der Waals surface area contributed by atoms with Gasteiger partial charge in [-0.25, -0.2) is 0 Å².